The number of ether oxygens (including phenoxy) is 1. The number of hydrogen-bond acceptors (Lipinski definition) is 4. The van der Waals surface area contributed by atoms with Crippen LogP contribution in [-0.4, -0.2) is 55.5 Å². The van der Waals surface area contributed by atoms with Crippen LogP contribution < -0.4 is 5.73 Å². The lowest BCUT2D eigenvalue weighted by Crippen LogP contribution is -2.44. The molecule has 1 aliphatic heterocycles. The summed E-state index contributed by atoms with van der Waals surface area (Å²) in [6.07, 6.45) is 1.04. The highest BCUT2D eigenvalue weighted by Crippen LogP contribution is 2.04. The molecule has 0 aromatic rings. The summed E-state index contributed by atoms with van der Waals surface area (Å²) in [5, 5.41) is 8.86. The first-order valence-corrected chi connectivity index (χ1v) is 4.51. The summed E-state index contributed by atoms with van der Waals surface area (Å²) in [4.78, 5) is 2.29. The first kappa shape index (κ1) is 9.92. The monoisotopic (exact) mass is 174 g/mol. The van der Waals surface area contributed by atoms with Crippen LogP contribution in [0.2, 0.25) is 0 Å². The van der Waals surface area contributed by atoms with E-state index in [4.69, 9.17) is 15.6 Å². The maximum atomic E-state index is 8.86. The minimum atomic E-state index is 0.0107. The van der Waals surface area contributed by atoms with Gasteiger partial charge in [-0.25, -0.2) is 0 Å². The van der Waals surface area contributed by atoms with E-state index >= 15 is 0 Å². The van der Waals surface area contributed by atoms with E-state index in [1.54, 1.807) is 0 Å². The van der Waals surface area contributed by atoms with Crippen LogP contribution in [0.4, 0.5) is 0 Å². The van der Waals surface area contributed by atoms with Gasteiger partial charge in [0, 0.05) is 13.1 Å². The van der Waals surface area contributed by atoms with Gasteiger partial charge in [-0.2, -0.15) is 0 Å². The molecule has 0 radical (unpaired) electrons. The molecule has 3 N–H and O–H groups in total. The van der Waals surface area contributed by atoms with E-state index in [1.807, 2.05) is 0 Å². The Balaban J connectivity index is 2.16. The second kappa shape index (κ2) is 5.48. The fraction of sp³-hybridized carbons (Fsp3) is 1.00. The number of hydrogen-bond donors (Lipinski definition) is 2. The smallest absolute Gasteiger partial charge is 0.0932 e. The lowest BCUT2D eigenvalue weighted by atomic mass is 10.2. The first-order valence-electron chi connectivity index (χ1n) is 4.51. The number of rotatable bonds is 4. The third-order valence-corrected chi connectivity index (χ3v) is 2.11. The highest BCUT2D eigenvalue weighted by atomic mass is 16.5. The SMILES string of the molecule is NCCCN1CCOC(CO)C1. The van der Waals surface area contributed by atoms with Gasteiger partial charge >= 0.3 is 0 Å². The van der Waals surface area contributed by atoms with Crippen molar-refractivity contribution in [1.82, 2.24) is 4.90 Å². The maximum Gasteiger partial charge on any atom is 0.0932 e. The van der Waals surface area contributed by atoms with E-state index in [1.165, 1.54) is 0 Å². The topological polar surface area (TPSA) is 58.7 Å². The van der Waals surface area contributed by atoms with Gasteiger partial charge in [0.25, 0.3) is 0 Å². The van der Waals surface area contributed by atoms with Crippen molar-refractivity contribution >= 4 is 0 Å². The Morgan fingerprint density at radius 1 is 1.58 bits per heavy atom. The minimum absolute atomic E-state index is 0.0107. The standard InChI is InChI=1S/C8H18N2O2/c9-2-1-3-10-4-5-12-8(6-10)7-11/h8,11H,1-7,9H2. The molecule has 1 fully saturated rings. The maximum absolute atomic E-state index is 8.86. The molecule has 72 valence electrons. The van der Waals surface area contributed by atoms with Crippen molar-refractivity contribution in [2.45, 2.75) is 12.5 Å². The van der Waals surface area contributed by atoms with Crippen molar-refractivity contribution in [3.8, 4) is 0 Å². The summed E-state index contributed by atoms with van der Waals surface area (Å²) in [6, 6.07) is 0. The quantitative estimate of drug-likeness (QED) is 0.575. The molecule has 4 nitrogen and oxygen atoms in total. The fourth-order valence-corrected chi connectivity index (χ4v) is 1.41. The molecule has 0 spiro atoms. The second-order valence-corrected chi connectivity index (χ2v) is 3.12. The second-order valence-electron chi connectivity index (χ2n) is 3.12. The number of morpholine rings is 1. The predicted octanol–water partition coefficient (Wildman–Crippen LogP) is -0.972. The number of nitrogens with zero attached hydrogens (tertiary/aromatic N) is 1. The van der Waals surface area contributed by atoms with Gasteiger partial charge in [0.1, 0.15) is 0 Å². The van der Waals surface area contributed by atoms with Gasteiger partial charge in [-0.3, -0.25) is 4.90 Å². The molecule has 0 aromatic carbocycles. The Hall–Kier alpha value is -0.160. The van der Waals surface area contributed by atoms with Gasteiger partial charge in [-0.05, 0) is 19.5 Å². The third kappa shape index (κ3) is 3.06. The molecule has 12 heavy (non-hydrogen) atoms. The molecular weight excluding hydrogens is 156 g/mol. The van der Waals surface area contributed by atoms with Crippen molar-refractivity contribution in [1.29, 1.82) is 0 Å². The van der Waals surface area contributed by atoms with Crippen LogP contribution in [0, 0.1) is 0 Å². The van der Waals surface area contributed by atoms with Crippen molar-refractivity contribution in [3.63, 3.8) is 0 Å². The van der Waals surface area contributed by atoms with Crippen LogP contribution in [0.3, 0.4) is 0 Å². The molecule has 1 rings (SSSR count). The Morgan fingerprint density at radius 2 is 2.42 bits per heavy atom. The van der Waals surface area contributed by atoms with Crippen LogP contribution >= 0.6 is 0 Å². The first-order chi connectivity index (χ1) is 5.86. The molecule has 0 saturated carbocycles. The fourth-order valence-electron chi connectivity index (χ4n) is 1.41. The Kier molecular flexibility index (Phi) is 4.53. The molecule has 0 bridgehead atoms. The molecule has 1 heterocycles. The van der Waals surface area contributed by atoms with Crippen molar-refractivity contribution < 1.29 is 9.84 Å². The summed E-state index contributed by atoms with van der Waals surface area (Å²) in [5.74, 6) is 0. The van der Waals surface area contributed by atoms with E-state index in [9.17, 15) is 0 Å². The lowest BCUT2D eigenvalue weighted by molar-refractivity contribution is -0.0526. The molecular formula is C8H18N2O2. The zero-order chi connectivity index (χ0) is 8.81. The van der Waals surface area contributed by atoms with E-state index < -0.39 is 0 Å². The van der Waals surface area contributed by atoms with Gasteiger partial charge in [0.15, 0.2) is 0 Å². The zero-order valence-electron chi connectivity index (χ0n) is 7.41. The molecule has 1 atom stereocenters. The van der Waals surface area contributed by atoms with Crippen molar-refractivity contribution in [2.75, 3.05) is 39.4 Å². The lowest BCUT2D eigenvalue weighted by Gasteiger charge is -2.31. The summed E-state index contributed by atoms with van der Waals surface area (Å²) < 4.78 is 5.31. The van der Waals surface area contributed by atoms with E-state index in [0.717, 1.165) is 39.2 Å². The molecule has 1 aliphatic rings. The summed E-state index contributed by atoms with van der Waals surface area (Å²) in [6.45, 7) is 4.43. The molecule has 0 aromatic heterocycles. The number of nitrogens with two attached hydrogens (primary N) is 1. The average Bonchev–Trinajstić information content (AvgIpc) is 2.15. The van der Waals surface area contributed by atoms with Gasteiger partial charge in [0.2, 0.25) is 0 Å². The highest BCUT2D eigenvalue weighted by molar-refractivity contribution is 4.70. The summed E-state index contributed by atoms with van der Waals surface area (Å²) in [7, 11) is 0. The van der Waals surface area contributed by atoms with Gasteiger partial charge in [0.05, 0.1) is 19.3 Å². The van der Waals surface area contributed by atoms with Crippen molar-refractivity contribution in [2.24, 2.45) is 5.73 Å². The molecule has 0 aliphatic carbocycles. The molecule has 1 saturated heterocycles. The highest BCUT2D eigenvalue weighted by Gasteiger charge is 2.18. The van der Waals surface area contributed by atoms with Gasteiger partial charge in [-0.15, -0.1) is 0 Å². The van der Waals surface area contributed by atoms with Crippen LogP contribution in [-0.2, 0) is 4.74 Å². The molecule has 1 unspecified atom stereocenters. The number of aliphatic hydroxyl groups is 1. The van der Waals surface area contributed by atoms with Crippen LogP contribution in [0.1, 0.15) is 6.42 Å². The Labute approximate surface area is 73.3 Å². The predicted molar refractivity (Wildman–Crippen MR) is 46.9 cm³/mol. The zero-order valence-corrected chi connectivity index (χ0v) is 7.41. The Morgan fingerprint density at radius 3 is 3.08 bits per heavy atom. The summed E-state index contributed by atoms with van der Waals surface area (Å²) in [5.41, 5.74) is 5.41. The number of aliphatic hydroxyl groups excluding tert-OH is 1. The average molecular weight is 174 g/mol. The van der Waals surface area contributed by atoms with E-state index in [-0.39, 0.29) is 12.7 Å². The third-order valence-electron chi connectivity index (χ3n) is 2.11. The van der Waals surface area contributed by atoms with Crippen LogP contribution in [0.5, 0.6) is 0 Å². The minimum Gasteiger partial charge on any atom is -0.394 e. The van der Waals surface area contributed by atoms with Crippen molar-refractivity contribution in [3.05, 3.63) is 0 Å². The Bertz CT molecular complexity index is 122. The van der Waals surface area contributed by atoms with E-state index in [2.05, 4.69) is 4.90 Å². The van der Waals surface area contributed by atoms with Gasteiger partial charge in [-0.1, -0.05) is 0 Å². The normalized spacial score (nSPS) is 26.0. The molecule has 4 heteroatoms. The van der Waals surface area contributed by atoms with Crippen LogP contribution in [0.25, 0.3) is 0 Å². The summed E-state index contributed by atoms with van der Waals surface area (Å²) >= 11 is 0. The largest absolute Gasteiger partial charge is 0.394 e. The molecule has 0 amide bonds. The van der Waals surface area contributed by atoms with E-state index in [0.29, 0.717) is 0 Å². The van der Waals surface area contributed by atoms with Gasteiger partial charge < -0.3 is 15.6 Å². The van der Waals surface area contributed by atoms with Crippen LogP contribution in [0.15, 0.2) is 0 Å².